The van der Waals surface area contributed by atoms with Crippen LogP contribution < -0.4 is 5.32 Å². The molecular weight excluding hydrogens is 249 g/mol. The summed E-state index contributed by atoms with van der Waals surface area (Å²) in [6.07, 6.45) is 0.826. The van der Waals surface area contributed by atoms with Crippen LogP contribution in [0.2, 0.25) is 0 Å². The molecule has 16 heavy (non-hydrogen) atoms. The second-order valence-corrected chi connectivity index (χ2v) is 6.60. The van der Waals surface area contributed by atoms with Crippen molar-refractivity contribution in [2.45, 2.75) is 44.1 Å². The summed E-state index contributed by atoms with van der Waals surface area (Å²) >= 11 is 11.8. The maximum atomic E-state index is 11.8. The second-order valence-electron chi connectivity index (χ2n) is 5.11. The average Bonchev–Trinajstić information content (AvgIpc) is 2.62. The second kappa shape index (κ2) is 4.71. The van der Waals surface area contributed by atoms with Gasteiger partial charge in [0.15, 0.2) is 0 Å². The lowest BCUT2D eigenvalue weighted by atomic mass is 10.0. The van der Waals surface area contributed by atoms with Gasteiger partial charge in [-0.15, -0.1) is 23.2 Å². The Hall–Kier alpha value is 0.01000. The van der Waals surface area contributed by atoms with Gasteiger partial charge in [-0.25, -0.2) is 0 Å². The molecule has 1 fully saturated rings. The lowest BCUT2D eigenvalue weighted by Crippen LogP contribution is -2.36. The molecule has 0 aromatic carbocycles. The SMILES string of the molecule is CC(O)CC(C)CNC(=O)C1(C)CC1(Cl)Cl. The van der Waals surface area contributed by atoms with E-state index in [0.717, 1.165) is 0 Å². The van der Waals surface area contributed by atoms with E-state index in [1.54, 1.807) is 13.8 Å². The van der Waals surface area contributed by atoms with Crippen molar-refractivity contribution in [1.29, 1.82) is 0 Å². The van der Waals surface area contributed by atoms with Gasteiger partial charge >= 0.3 is 0 Å². The van der Waals surface area contributed by atoms with Gasteiger partial charge in [0.05, 0.1) is 11.5 Å². The van der Waals surface area contributed by atoms with Crippen LogP contribution in [0.3, 0.4) is 0 Å². The van der Waals surface area contributed by atoms with Gasteiger partial charge in [-0.1, -0.05) is 6.92 Å². The van der Waals surface area contributed by atoms with Gasteiger partial charge in [-0.2, -0.15) is 0 Å². The van der Waals surface area contributed by atoms with Crippen LogP contribution in [0.5, 0.6) is 0 Å². The van der Waals surface area contributed by atoms with E-state index < -0.39 is 9.75 Å². The third-order valence-electron chi connectivity index (χ3n) is 3.11. The highest BCUT2D eigenvalue weighted by atomic mass is 35.5. The van der Waals surface area contributed by atoms with Crippen LogP contribution in [0.4, 0.5) is 0 Å². The fraction of sp³-hybridized carbons (Fsp3) is 0.909. The highest BCUT2D eigenvalue weighted by Gasteiger charge is 2.67. The van der Waals surface area contributed by atoms with Crippen molar-refractivity contribution in [1.82, 2.24) is 5.32 Å². The molecule has 0 spiro atoms. The number of nitrogens with one attached hydrogen (secondary N) is 1. The van der Waals surface area contributed by atoms with E-state index in [0.29, 0.717) is 19.4 Å². The maximum Gasteiger partial charge on any atom is 0.229 e. The van der Waals surface area contributed by atoms with Gasteiger partial charge in [0.2, 0.25) is 5.91 Å². The summed E-state index contributed by atoms with van der Waals surface area (Å²) in [5.74, 6) is 0.140. The Morgan fingerprint density at radius 2 is 2.00 bits per heavy atom. The fourth-order valence-electron chi connectivity index (χ4n) is 1.77. The van der Waals surface area contributed by atoms with Crippen molar-refractivity contribution in [3.63, 3.8) is 0 Å². The molecule has 0 aromatic rings. The zero-order valence-corrected chi connectivity index (χ0v) is 11.4. The highest BCUT2D eigenvalue weighted by molar-refractivity contribution is 6.53. The van der Waals surface area contributed by atoms with Gasteiger partial charge < -0.3 is 10.4 Å². The molecule has 3 nitrogen and oxygen atoms in total. The lowest BCUT2D eigenvalue weighted by molar-refractivity contribution is -0.126. The van der Waals surface area contributed by atoms with Crippen molar-refractivity contribution in [2.24, 2.45) is 11.3 Å². The molecule has 3 unspecified atom stereocenters. The zero-order chi connectivity index (χ0) is 12.6. The van der Waals surface area contributed by atoms with Crippen molar-refractivity contribution < 1.29 is 9.90 Å². The van der Waals surface area contributed by atoms with Crippen LogP contribution in [-0.2, 0) is 4.79 Å². The molecule has 0 heterocycles. The number of carbonyl (C=O) groups is 1. The first-order valence-electron chi connectivity index (χ1n) is 5.53. The van der Waals surface area contributed by atoms with Crippen molar-refractivity contribution in [3.05, 3.63) is 0 Å². The number of halogens is 2. The number of alkyl halides is 2. The first-order valence-corrected chi connectivity index (χ1v) is 6.29. The number of carbonyl (C=O) groups excluding carboxylic acids is 1. The van der Waals surface area contributed by atoms with Crippen molar-refractivity contribution in [2.75, 3.05) is 6.54 Å². The maximum absolute atomic E-state index is 11.8. The topological polar surface area (TPSA) is 49.3 Å². The first kappa shape index (κ1) is 14.1. The third kappa shape index (κ3) is 3.02. The van der Waals surface area contributed by atoms with E-state index in [-0.39, 0.29) is 17.9 Å². The number of aliphatic hydroxyl groups excluding tert-OH is 1. The van der Waals surface area contributed by atoms with Crippen LogP contribution in [0, 0.1) is 11.3 Å². The van der Waals surface area contributed by atoms with Crippen LogP contribution >= 0.6 is 23.2 Å². The molecule has 0 aromatic heterocycles. The number of hydrogen-bond acceptors (Lipinski definition) is 2. The predicted molar refractivity (Wildman–Crippen MR) is 65.6 cm³/mol. The number of hydrogen-bond donors (Lipinski definition) is 2. The Morgan fingerprint density at radius 3 is 2.38 bits per heavy atom. The van der Waals surface area contributed by atoms with E-state index in [2.05, 4.69) is 5.32 Å². The Balaban J connectivity index is 2.32. The largest absolute Gasteiger partial charge is 0.393 e. The van der Waals surface area contributed by atoms with Gasteiger partial charge in [0.1, 0.15) is 4.33 Å². The van der Waals surface area contributed by atoms with Crippen LogP contribution in [0.1, 0.15) is 33.6 Å². The summed E-state index contributed by atoms with van der Waals surface area (Å²) in [6, 6.07) is 0. The molecule has 5 heteroatoms. The zero-order valence-electron chi connectivity index (χ0n) is 9.89. The summed E-state index contributed by atoms with van der Waals surface area (Å²) in [7, 11) is 0. The minimum atomic E-state index is -0.912. The standard InChI is InChI=1S/C11H19Cl2NO2/c1-7(4-8(2)15)5-14-9(16)10(3)6-11(10,12)13/h7-8,15H,4-6H2,1-3H3,(H,14,16). The molecule has 2 N–H and O–H groups in total. The predicted octanol–water partition coefficient (Wildman–Crippen LogP) is 2.09. The third-order valence-corrected chi connectivity index (χ3v) is 4.22. The van der Waals surface area contributed by atoms with Crippen LogP contribution in [-0.4, -0.2) is 28.0 Å². The van der Waals surface area contributed by atoms with Gasteiger partial charge in [-0.3, -0.25) is 4.79 Å². The van der Waals surface area contributed by atoms with Gasteiger partial charge in [0.25, 0.3) is 0 Å². The monoisotopic (exact) mass is 267 g/mol. The Labute approximate surface area is 106 Å². The van der Waals surface area contributed by atoms with Crippen LogP contribution in [0.15, 0.2) is 0 Å². The Kier molecular flexibility index (Phi) is 4.14. The van der Waals surface area contributed by atoms with Gasteiger partial charge in [-0.05, 0) is 32.6 Å². The molecule has 0 radical (unpaired) electrons. The number of amides is 1. The summed E-state index contributed by atoms with van der Waals surface area (Å²) in [5.41, 5.74) is -0.652. The molecular formula is C11H19Cl2NO2. The Bertz CT molecular complexity index is 281. The fourth-order valence-corrected chi connectivity index (χ4v) is 2.48. The average molecular weight is 268 g/mol. The minimum Gasteiger partial charge on any atom is -0.393 e. The lowest BCUT2D eigenvalue weighted by Gasteiger charge is -2.17. The van der Waals surface area contributed by atoms with E-state index >= 15 is 0 Å². The summed E-state index contributed by atoms with van der Waals surface area (Å²) in [6.45, 7) is 6.03. The van der Waals surface area contributed by atoms with E-state index in [9.17, 15) is 9.90 Å². The smallest absolute Gasteiger partial charge is 0.229 e. The summed E-state index contributed by atoms with van der Waals surface area (Å²) in [5, 5.41) is 12.0. The van der Waals surface area contributed by atoms with Crippen molar-refractivity contribution >= 4 is 29.1 Å². The van der Waals surface area contributed by atoms with Crippen molar-refractivity contribution in [3.8, 4) is 0 Å². The minimum absolute atomic E-state index is 0.102. The molecule has 1 rings (SSSR count). The van der Waals surface area contributed by atoms with E-state index in [1.165, 1.54) is 0 Å². The van der Waals surface area contributed by atoms with Gasteiger partial charge in [0, 0.05) is 6.54 Å². The molecule has 3 atom stereocenters. The van der Waals surface area contributed by atoms with Crippen LogP contribution in [0.25, 0.3) is 0 Å². The summed E-state index contributed by atoms with van der Waals surface area (Å²) in [4.78, 5) is 11.8. The highest BCUT2D eigenvalue weighted by Crippen LogP contribution is 2.63. The molecule has 94 valence electrons. The van der Waals surface area contributed by atoms with E-state index in [4.69, 9.17) is 23.2 Å². The molecule has 0 saturated heterocycles. The normalized spacial score (nSPS) is 30.6. The molecule has 0 aliphatic heterocycles. The first-order chi connectivity index (χ1) is 7.19. The summed E-state index contributed by atoms with van der Waals surface area (Å²) < 4.78 is -0.912. The molecule has 1 aliphatic rings. The molecule has 0 bridgehead atoms. The quantitative estimate of drug-likeness (QED) is 0.750. The molecule has 1 saturated carbocycles. The number of aliphatic hydroxyl groups is 1. The van der Waals surface area contributed by atoms with E-state index in [1.807, 2.05) is 6.92 Å². The molecule has 1 amide bonds. The number of rotatable bonds is 5. The Morgan fingerprint density at radius 1 is 1.50 bits per heavy atom. The molecule has 1 aliphatic carbocycles.